The molecule has 0 aliphatic carbocycles. The first kappa shape index (κ1) is 40.6. The van der Waals surface area contributed by atoms with Crippen LogP contribution in [0.1, 0.15) is 0 Å². The first-order chi connectivity index (χ1) is 37.2. The molecule has 0 unspecified atom stereocenters. The lowest BCUT2D eigenvalue weighted by Crippen LogP contribution is -2.65. The summed E-state index contributed by atoms with van der Waals surface area (Å²) in [6, 6.07) is 79.7. The van der Waals surface area contributed by atoms with Crippen LogP contribution in [-0.4, -0.2) is 20.1 Å². The molecule has 0 saturated heterocycles. The molecule has 0 bridgehead atoms. The van der Waals surface area contributed by atoms with Gasteiger partial charge in [-0.15, -0.1) is 22.7 Å². The zero-order valence-corrected chi connectivity index (χ0v) is 41.5. The van der Waals surface area contributed by atoms with Crippen molar-refractivity contribution in [3.8, 4) is 34.5 Å². The molecule has 0 atom stereocenters. The van der Waals surface area contributed by atoms with Crippen LogP contribution in [-0.2, 0) is 0 Å². The smallest absolute Gasteiger partial charge is 0.273 e. The highest BCUT2D eigenvalue weighted by Gasteiger charge is 2.50. The van der Waals surface area contributed by atoms with E-state index in [1.165, 1.54) is 46.3 Å². The lowest BCUT2D eigenvalue weighted by molar-refractivity contribution is 0.468. The second-order valence-corrected chi connectivity index (χ2v) is 22.4. The maximum atomic E-state index is 7.14. The summed E-state index contributed by atoms with van der Waals surface area (Å²) in [5, 5.41) is 2.30. The standard InChI is InChI=1S/C64H36B3N3O3S2/c1-4-17-37(18-5-1)68-46-25-14-26-47-58(46)65(42-33-44-50(35-49(42)68)70(39-21-8-3-9-22-39)48-27-15-28-52-59(48)66(44)63-61(72-52)40-23-10-12-31-56(40)74-63)43-34-45-55(36-51(43)69(47)38-19-6-2-7-20-38)71-53-29-16-30-54-60(53)67(45)64-62(73-54)41-24-11-13-32-57(41)75-64/h1-36H. The minimum absolute atomic E-state index is 0.0798. The van der Waals surface area contributed by atoms with E-state index in [1.54, 1.807) is 0 Å². The van der Waals surface area contributed by atoms with E-state index in [0.717, 1.165) is 107 Å². The molecule has 10 aromatic carbocycles. The van der Waals surface area contributed by atoms with Gasteiger partial charge in [-0.2, -0.15) is 0 Å². The van der Waals surface area contributed by atoms with Gasteiger partial charge in [0.2, 0.25) is 0 Å². The molecule has 6 aliphatic rings. The monoisotopic (exact) mass is 991 g/mol. The fourth-order valence-electron chi connectivity index (χ4n) is 13.4. The molecule has 0 spiro atoms. The summed E-state index contributed by atoms with van der Waals surface area (Å²) in [5.74, 6) is 5.37. The van der Waals surface area contributed by atoms with Gasteiger partial charge in [-0.3, -0.25) is 0 Å². The van der Waals surface area contributed by atoms with Crippen molar-refractivity contribution in [1.29, 1.82) is 0 Å². The van der Waals surface area contributed by atoms with Crippen molar-refractivity contribution in [2.45, 2.75) is 0 Å². The molecule has 0 fully saturated rings. The lowest BCUT2D eigenvalue weighted by Gasteiger charge is -2.46. The van der Waals surface area contributed by atoms with Crippen LogP contribution in [0.2, 0.25) is 0 Å². The summed E-state index contributed by atoms with van der Waals surface area (Å²) >= 11 is 3.69. The third-order valence-corrected chi connectivity index (χ3v) is 18.8. The van der Waals surface area contributed by atoms with E-state index in [2.05, 4.69) is 233 Å². The third kappa shape index (κ3) is 5.40. The summed E-state index contributed by atoms with van der Waals surface area (Å²) in [7, 11) is 0. The number of ether oxygens (including phenoxy) is 3. The van der Waals surface area contributed by atoms with E-state index in [9.17, 15) is 0 Å². The maximum Gasteiger partial charge on any atom is 0.273 e. The van der Waals surface area contributed by atoms with Crippen LogP contribution in [0.15, 0.2) is 218 Å². The number of anilines is 9. The first-order valence-electron chi connectivity index (χ1n) is 25.6. The molecule has 18 rings (SSSR count). The normalized spacial score (nSPS) is 14.3. The van der Waals surface area contributed by atoms with E-state index >= 15 is 0 Å². The molecule has 2 aromatic heterocycles. The number of benzene rings is 10. The van der Waals surface area contributed by atoms with Gasteiger partial charge in [-0.05, 0) is 136 Å². The zero-order valence-electron chi connectivity index (χ0n) is 39.9. The number of hydrogen-bond acceptors (Lipinski definition) is 8. The van der Waals surface area contributed by atoms with Gasteiger partial charge in [0, 0.05) is 92.4 Å². The summed E-state index contributed by atoms with van der Waals surface area (Å²) in [6.45, 7) is -0.342. The Morgan fingerprint density at radius 1 is 0.293 bits per heavy atom. The van der Waals surface area contributed by atoms with E-state index in [4.69, 9.17) is 14.2 Å². The zero-order chi connectivity index (χ0) is 48.6. The van der Waals surface area contributed by atoms with Crippen molar-refractivity contribution in [2.24, 2.45) is 0 Å². The minimum atomic E-state index is -0.168. The van der Waals surface area contributed by atoms with Crippen molar-refractivity contribution in [1.82, 2.24) is 0 Å². The van der Waals surface area contributed by atoms with Crippen LogP contribution in [0.4, 0.5) is 51.2 Å². The molecule has 12 aromatic rings. The second-order valence-electron chi connectivity index (χ2n) is 20.2. The molecular formula is C64H36B3N3O3S2. The van der Waals surface area contributed by atoms with Gasteiger partial charge in [0.25, 0.3) is 20.1 Å². The summed E-state index contributed by atoms with van der Waals surface area (Å²) < 4.78 is 26.0. The quantitative estimate of drug-likeness (QED) is 0.164. The largest absolute Gasteiger partial charge is 0.458 e. The predicted molar refractivity (Wildman–Crippen MR) is 315 cm³/mol. The number of nitrogens with zero attached hydrogens (tertiary/aromatic N) is 3. The SMILES string of the molecule is c1ccc(N2c3cc4c(cc3B3c5sc6ccccc6c5Oc5cccc2c53)B2c3cc5c(cc3N(c3ccccc3)c3cccc(c32)N4c2ccccc2)Oc2cccc3c2B5c2sc4ccccc4c2O3)cc1. The summed E-state index contributed by atoms with van der Waals surface area (Å²) in [4.78, 5) is 7.47. The molecule has 8 heterocycles. The highest BCUT2D eigenvalue weighted by molar-refractivity contribution is 7.34. The van der Waals surface area contributed by atoms with Gasteiger partial charge in [0.1, 0.15) is 34.5 Å². The Kier molecular flexibility index (Phi) is 8.05. The maximum absolute atomic E-state index is 7.14. The van der Waals surface area contributed by atoms with Gasteiger partial charge in [-0.1, -0.05) is 109 Å². The fourth-order valence-corrected chi connectivity index (χ4v) is 15.9. The van der Waals surface area contributed by atoms with Gasteiger partial charge in [-0.25, -0.2) is 0 Å². The molecule has 0 radical (unpaired) electrons. The Balaban J connectivity index is 0.959. The minimum Gasteiger partial charge on any atom is -0.458 e. The summed E-state index contributed by atoms with van der Waals surface area (Å²) in [6.07, 6.45) is 0. The number of hydrogen-bond donors (Lipinski definition) is 0. The van der Waals surface area contributed by atoms with Crippen molar-refractivity contribution in [3.05, 3.63) is 218 Å². The third-order valence-electron chi connectivity index (χ3n) is 16.4. The van der Waals surface area contributed by atoms with Crippen LogP contribution < -0.4 is 76.7 Å². The van der Waals surface area contributed by atoms with Gasteiger partial charge >= 0.3 is 0 Å². The van der Waals surface area contributed by atoms with Crippen LogP contribution in [0, 0.1) is 0 Å². The predicted octanol–water partition coefficient (Wildman–Crippen LogP) is 11.3. The molecule has 6 nitrogen and oxygen atoms in total. The Bertz CT molecular complexity index is 4470. The summed E-state index contributed by atoms with van der Waals surface area (Å²) in [5.41, 5.74) is 18.6. The molecule has 75 heavy (non-hydrogen) atoms. The second kappa shape index (κ2) is 14.9. The molecular weight excluding hydrogens is 955 g/mol. The number of rotatable bonds is 3. The number of fused-ring (bicyclic) bond motifs is 16. The highest BCUT2D eigenvalue weighted by Crippen LogP contribution is 2.50. The van der Waals surface area contributed by atoms with Crippen molar-refractivity contribution >= 4 is 162 Å². The van der Waals surface area contributed by atoms with Crippen molar-refractivity contribution in [3.63, 3.8) is 0 Å². The molecule has 346 valence electrons. The molecule has 6 aliphatic heterocycles. The van der Waals surface area contributed by atoms with Crippen molar-refractivity contribution < 1.29 is 14.2 Å². The Morgan fingerprint density at radius 2 is 0.707 bits per heavy atom. The van der Waals surface area contributed by atoms with E-state index in [1.807, 2.05) is 22.7 Å². The van der Waals surface area contributed by atoms with Crippen LogP contribution >= 0.6 is 22.7 Å². The van der Waals surface area contributed by atoms with E-state index in [-0.39, 0.29) is 20.1 Å². The molecule has 0 amide bonds. The highest BCUT2D eigenvalue weighted by atomic mass is 32.1. The first-order valence-corrected chi connectivity index (χ1v) is 27.2. The average Bonchev–Trinajstić information content (AvgIpc) is 4.11. The Hall–Kier alpha value is -8.89. The number of thiophene rings is 2. The van der Waals surface area contributed by atoms with Gasteiger partial charge < -0.3 is 28.9 Å². The molecule has 0 N–H and O–H groups in total. The van der Waals surface area contributed by atoms with E-state index < -0.39 is 0 Å². The fraction of sp³-hybridized carbons (Fsp3) is 0. The Morgan fingerprint density at radius 3 is 1.27 bits per heavy atom. The lowest BCUT2D eigenvalue weighted by atomic mass is 9.30. The topological polar surface area (TPSA) is 37.4 Å². The van der Waals surface area contributed by atoms with Crippen molar-refractivity contribution in [2.75, 3.05) is 14.7 Å². The molecule has 11 heteroatoms. The Labute approximate surface area is 441 Å². The molecule has 0 saturated carbocycles. The van der Waals surface area contributed by atoms with Crippen LogP contribution in [0.3, 0.4) is 0 Å². The van der Waals surface area contributed by atoms with Crippen LogP contribution in [0.25, 0.3) is 20.2 Å². The average molecular weight is 992 g/mol. The van der Waals surface area contributed by atoms with Gasteiger partial charge in [0.15, 0.2) is 0 Å². The van der Waals surface area contributed by atoms with E-state index in [0.29, 0.717) is 0 Å². The van der Waals surface area contributed by atoms with Gasteiger partial charge in [0.05, 0.1) is 0 Å². The number of para-hydroxylation sites is 3. The van der Waals surface area contributed by atoms with Crippen LogP contribution in [0.5, 0.6) is 34.5 Å².